The summed E-state index contributed by atoms with van der Waals surface area (Å²) >= 11 is 6.14. The molecule has 0 saturated carbocycles. The number of benzene rings is 1. The van der Waals surface area contributed by atoms with Crippen molar-refractivity contribution in [1.29, 1.82) is 0 Å². The van der Waals surface area contributed by atoms with Crippen LogP contribution < -0.4 is 0 Å². The number of piperazine rings is 1. The Kier molecular flexibility index (Phi) is 6.85. The molecule has 8 nitrogen and oxygen atoms in total. The van der Waals surface area contributed by atoms with Gasteiger partial charge in [-0.15, -0.1) is 0 Å². The third-order valence-electron chi connectivity index (χ3n) is 6.18. The van der Waals surface area contributed by atoms with E-state index in [1.807, 2.05) is 0 Å². The highest BCUT2D eigenvalue weighted by molar-refractivity contribution is 7.89. The maximum absolute atomic E-state index is 14.1. The van der Waals surface area contributed by atoms with Crippen LogP contribution >= 0.6 is 11.6 Å². The van der Waals surface area contributed by atoms with E-state index in [9.17, 15) is 17.6 Å². The first kappa shape index (κ1) is 23.2. The summed E-state index contributed by atoms with van der Waals surface area (Å²) in [5, 5.41) is 4.36. The van der Waals surface area contributed by atoms with E-state index >= 15 is 0 Å². The molecule has 2 aliphatic heterocycles. The van der Waals surface area contributed by atoms with Gasteiger partial charge in [0.2, 0.25) is 15.9 Å². The number of sulfonamides is 1. The number of piperidine rings is 1. The molecule has 2 fully saturated rings. The standard InChI is InChI=1S/C21H27ClFN5O3S/c1-25-14-17(12-24-25)32(30,31)28-7-3-4-16(13-28)21(29)27-10-8-26(9-11-27)15-18-19(22)5-2-6-20(18)23/h2,5-6,12,14,16H,3-4,7-11,13,15H2,1H3/t16-/m1/s1. The third-order valence-corrected chi connectivity index (χ3v) is 8.35. The van der Waals surface area contributed by atoms with Crippen LogP contribution in [0.25, 0.3) is 0 Å². The second kappa shape index (κ2) is 9.46. The van der Waals surface area contributed by atoms with Crippen LogP contribution in [0.4, 0.5) is 4.39 Å². The highest BCUT2D eigenvalue weighted by Crippen LogP contribution is 2.26. The molecule has 0 unspecified atom stereocenters. The molecule has 2 aromatic rings. The summed E-state index contributed by atoms with van der Waals surface area (Å²) in [5.41, 5.74) is 0.470. The van der Waals surface area contributed by atoms with Gasteiger partial charge in [0.25, 0.3) is 0 Å². The van der Waals surface area contributed by atoms with Crippen molar-refractivity contribution in [2.75, 3.05) is 39.3 Å². The molecule has 11 heteroatoms. The fraction of sp³-hybridized carbons (Fsp3) is 0.524. The molecule has 3 heterocycles. The van der Waals surface area contributed by atoms with Gasteiger partial charge in [-0.3, -0.25) is 14.4 Å². The van der Waals surface area contributed by atoms with Crippen LogP contribution in [0.2, 0.25) is 5.02 Å². The lowest BCUT2D eigenvalue weighted by Gasteiger charge is -2.38. The van der Waals surface area contributed by atoms with E-state index < -0.39 is 10.0 Å². The quantitative estimate of drug-likeness (QED) is 0.649. The zero-order valence-corrected chi connectivity index (χ0v) is 19.5. The topological polar surface area (TPSA) is 78.8 Å². The van der Waals surface area contributed by atoms with Crippen LogP contribution in [0.1, 0.15) is 18.4 Å². The SMILES string of the molecule is Cn1cc(S(=O)(=O)N2CCC[C@@H](C(=O)N3CCN(Cc4c(F)cccc4Cl)CC3)C2)cn1. The van der Waals surface area contributed by atoms with Gasteiger partial charge in [-0.2, -0.15) is 9.40 Å². The fourth-order valence-corrected chi connectivity index (χ4v) is 6.07. The van der Waals surface area contributed by atoms with Crippen LogP contribution in [-0.2, 0) is 28.4 Å². The van der Waals surface area contributed by atoms with Gasteiger partial charge in [0, 0.05) is 69.6 Å². The normalized spacial score (nSPS) is 21.1. The largest absolute Gasteiger partial charge is 0.340 e. The first-order chi connectivity index (χ1) is 15.3. The monoisotopic (exact) mass is 483 g/mol. The Balaban J connectivity index is 1.35. The van der Waals surface area contributed by atoms with Crippen LogP contribution in [0.5, 0.6) is 0 Å². The van der Waals surface area contributed by atoms with Crippen molar-refractivity contribution in [3.05, 3.63) is 47.0 Å². The first-order valence-electron chi connectivity index (χ1n) is 10.7. The van der Waals surface area contributed by atoms with Gasteiger partial charge in [-0.25, -0.2) is 12.8 Å². The lowest BCUT2D eigenvalue weighted by molar-refractivity contribution is -0.138. The molecule has 1 aromatic heterocycles. The Morgan fingerprint density at radius 2 is 1.97 bits per heavy atom. The first-order valence-corrected chi connectivity index (χ1v) is 12.5. The number of aromatic nitrogens is 2. The average molecular weight is 484 g/mol. The summed E-state index contributed by atoms with van der Waals surface area (Å²) in [6.07, 6.45) is 4.12. The Bertz CT molecular complexity index is 1060. The number of aryl methyl sites for hydroxylation is 1. The number of hydrogen-bond acceptors (Lipinski definition) is 5. The van der Waals surface area contributed by atoms with Gasteiger partial charge in [0.1, 0.15) is 10.7 Å². The summed E-state index contributed by atoms with van der Waals surface area (Å²) in [7, 11) is -2.00. The Labute approximate surface area is 192 Å². The highest BCUT2D eigenvalue weighted by Gasteiger charge is 2.36. The smallest absolute Gasteiger partial charge is 0.246 e. The summed E-state index contributed by atoms with van der Waals surface area (Å²) in [6, 6.07) is 4.66. The minimum Gasteiger partial charge on any atom is -0.340 e. The molecular weight excluding hydrogens is 457 g/mol. The number of halogens is 2. The fourth-order valence-electron chi connectivity index (χ4n) is 4.33. The van der Waals surface area contributed by atoms with E-state index in [1.54, 1.807) is 24.1 Å². The van der Waals surface area contributed by atoms with E-state index in [2.05, 4.69) is 10.00 Å². The summed E-state index contributed by atoms with van der Waals surface area (Å²) in [5.74, 6) is -0.699. The molecule has 32 heavy (non-hydrogen) atoms. The lowest BCUT2D eigenvalue weighted by Crippen LogP contribution is -2.52. The number of amides is 1. The molecule has 174 valence electrons. The zero-order valence-electron chi connectivity index (χ0n) is 18.0. The van der Waals surface area contributed by atoms with Gasteiger partial charge in [0.05, 0.1) is 12.1 Å². The predicted octanol–water partition coefficient (Wildman–Crippen LogP) is 1.96. The molecule has 4 rings (SSSR count). The minimum atomic E-state index is -3.67. The molecular formula is C21H27ClFN5O3S. The number of nitrogens with zero attached hydrogens (tertiary/aromatic N) is 5. The molecule has 2 saturated heterocycles. The van der Waals surface area contributed by atoms with Crippen molar-refractivity contribution in [2.24, 2.45) is 13.0 Å². The predicted molar refractivity (Wildman–Crippen MR) is 118 cm³/mol. The molecule has 2 aliphatic rings. The lowest BCUT2D eigenvalue weighted by atomic mass is 9.97. The number of hydrogen-bond donors (Lipinski definition) is 0. The molecule has 1 atom stereocenters. The molecule has 0 radical (unpaired) electrons. The van der Waals surface area contributed by atoms with Gasteiger partial charge >= 0.3 is 0 Å². The van der Waals surface area contributed by atoms with Gasteiger partial charge in [-0.1, -0.05) is 17.7 Å². The van der Waals surface area contributed by atoms with Gasteiger partial charge in [0.15, 0.2) is 0 Å². The van der Waals surface area contributed by atoms with Crippen molar-refractivity contribution in [3.8, 4) is 0 Å². The molecule has 0 aliphatic carbocycles. The summed E-state index contributed by atoms with van der Waals surface area (Å²) in [4.78, 5) is 17.1. The summed E-state index contributed by atoms with van der Waals surface area (Å²) < 4.78 is 42.8. The van der Waals surface area contributed by atoms with Crippen molar-refractivity contribution in [2.45, 2.75) is 24.3 Å². The van der Waals surface area contributed by atoms with E-state index in [-0.39, 0.29) is 29.1 Å². The summed E-state index contributed by atoms with van der Waals surface area (Å²) in [6.45, 7) is 3.25. The Morgan fingerprint density at radius 3 is 2.62 bits per heavy atom. The highest BCUT2D eigenvalue weighted by atomic mass is 35.5. The second-order valence-corrected chi connectivity index (χ2v) is 10.7. The molecule has 0 spiro atoms. The Hall–Kier alpha value is -2.01. The van der Waals surface area contributed by atoms with Crippen molar-refractivity contribution < 1.29 is 17.6 Å². The third kappa shape index (κ3) is 4.83. The Morgan fingerprint density at radius 1 is 1.22 bits per heavy atom. The second-order valence-electron chi connectivity index (χ2n) is 8.35. The maximum atomic E-state index is 14.1. The van der Waals surface area contributed by atoms with Crippen molar-refractivity contribution >= 4 is 27.5 Å². The van der Waals surface area contributed by atoms with Gasteiger partial charge in [-0.05, 0) is 25.0 Å². The van der Waals surface area contributed by atoms with Crippen LogP contribution in [-0.4, -0.2) is 77.5 Å². The number of carbonyl (C=O) groups excluding carboxylic acids is 1. The molecule has 1 aromatic carbocycles. The van der Waals surface area contributed by atoms with Crippen molar-refractivity contribution in [3.63, 3.8) is 0 Å². The van der Waals surface area contributed by atoms with E-state index in [0.29, 0.717) is 62.7 Å². The maximum Gasteiger partial charge on any atom is 0.246 e. The van der Waals surface area contributed by atoms with Crippen LogP contribution in [0, 0.1) is 11.7 Å². The average Bonchev–Trinajstić information content (AvgIpc) is 3.24. The van der Waals surface area contributed by atoms with E-state index in [0.717, 1.165) is 0 Å². The van der Waals surface area contributed by atoms with Crippen LogP contribution in [0.15, 0.2) is 35.5 Å². The molecule has 1 amide bonds. The van der Waals surface area contributed by atoms with Crippen molar-refractivity contribution in [1.82, 2.24) is 23.9 Å². The molecule has 0 N–H and O–H groups in total. The van der Waals surface area contributed by atoms with Crippen LogP contribution in [0.3, 0.4) is 0 Å². The van der Waals surface area contributed by atoms with E-state index in [1.165, 1.54) is 27.4 Å². The minimum absolute atomic E-state index is 0.0142. The zero-order chi connectivity index (χ0) is 22.9. The molecule has 0 bridgehead atoms. The van der Waals surface area contributed by atoms with E-state index in [4.69, 9.17) is 11.6 Å². The number of rotatable bonds is 5. The van der Waals surface area contributed by atoms with Gasteiger partial charge < -0.3 is 4.90 Å². The number of carbonyl (C=O) groups is 1.